The molecule has 0 aliphatic rings. The van der Waals surface area contributed by atoms with Crippen LogP contribution >= 0.6 is 0 Å². The summed E-state index contributed by atoms with van der Waals surface area (Å²) in [7, 11) is 3.29. The van der Waals surface area contributed by atoms with Crippen LogP contribution in [0.1, 0.15) is 30.1 Å². The van der Waals surface area contributed by atoms with E-state index in [1.165, 1.54) is 7.11 Å². The maximum absolute atomic E-state index is 11.5. The molecule has 0 saturated heterocycles. The van der Waals surface area contributed by atoms with Gasteiger partial charge in [0.05, 0.1) is 12.7 Å². The van der Waals surface area contributed by atoms with Gasteiger partial charge in [0.15, 0.2) is 5.78 Å². The standard InChI is InChI=1S/C9H14N2O2/c1-4-5-8(12)7-6-11(2)10-9(7)13-3/h6H,4-5H2,1-3H3. The number of hydrogen-bond donors (Lipinski definition) is 0. The van der Waals surface area contributed by atoms with Gasteiger partial charge in [-0.25, -0.2) is 0 Å². The summed E-state index contributed by atoms with van der Waals surface area (Å²) in [5.74, 6) is 0.508. The number of Topliss-reactive ketones (excluding diaryl/α,β-unsaturated/α-hetero) is 1. The quantitative estimate of drug-likeness (QED) is 0.661. The van der Waals surface area contributed by atoms with E-state index < -0.39 is 0 Å². The maximum Gasteiger partial charge on any atom is 0.243 e. The normalized spacial score (nSPS) is 10.1. The number of hydrogen-bond acceptors (Lipinski definition) is 3. The molecule has 4 nitrogen and oxygen atoms in total. The fourth-order valence-corrected chi connectivity index (χ4v) is 1.17. The fraction of sp³-hybridized carbons (Fsp3) is 0.556. The molecule has 0 atom stereocenters. The van der Waals surface area contributed by atoms with Crippen LogP contribution in [0.2, 0.25) is 0 Å². The van der Waals surface area contributed by atoms with E-state index in [-0.39, 0.29) is 5.78 Å². The number of carbonyl (C=O) groups is 1. The summed E-state index contributed by atoms with van der Waals surface area (Å²) < 4.78 is 6.57. The Morgan fingerprint density at radius 1 is 1.69 bits per heavy atom. The topological polar surface area (TPSA) is 44.1 Å². The average molecular weight is 182 g/mol. The molecule has 0 fully saturated rings. The SMILES string of the molecule is CCCC(=O)c1cn(C)nc1OC. The van der Waals surface area contributed by atoms with E-state index in [9.17, 15) is 4.79 Å². The zero-order valence-electron chi connectivity index (χ0n) is 8.20. The predicted molar refractivity (Wildman–Crippen MR) is 49.0 cm³/mol. The lowest BCUT2D eigenvalue weighted by Gasteiger charge is -1.97. The second-order valence-corrected chi connectivity index (χ2v) is 2.90. The summed E-state index contributed by atoms with van der Waals surface area (Å²) in [6.45, 7) is 1.97. The first-order chi connectivity index (χ1) is 6.19. The van der Waals surface area contributed by atoms with Crippen LogP contribution in [0.3, 0.4) is 0 Å². The smallest absolute Gasteiger partial charge is 0.243 e. The molecule has 72 valence electrons. The Balaban J connectivity index is 2.91. The van der Waals surface area contributed by atoms with Crippen molar-refractivity contribution >= 4 is 5.78 Å². The van der Waals surface area contributed by atoms with Crippen molar-refractivity contribution in [2.45, 2.75) is 19.8 Å². The van der Waals surface area contributed by atoms with Gasteiger partial charge in [0.25, 0.3) is 0 Å². The van der Waals surface area contributed by atoms with Crippen molar-refractivity contribution in [1.82, 2.24) is 9.78 Å². The highest BCUT2D eigenvalue weighted by molar-refractivity contribution is 5.97. The number of nitrogens with zero attached hydrogens (tertiary/aromatic N) is 2. The molecule has 1 heterocycles. The van der Waals surface area contributed by atoms with Gasteiger partial charge >= 0.3 is 0 Å². The molecule has 0 aliphatic carbocycles. The monoisotopic (exact) mass is 182 g/mol. The number of carbonyl (C=O) groups excluding carboxylic acids is 1. The van der Waals surface area contributed by atoms with Crippen molar-refractivity contribution in [3.63, 3.8) is 0 Å². The highest BCUT2D eigenvalue weighted by atomic mass is 16.5. The van der Waals surface area contributed by atoms with Gasteiger partial charge in [-0.1, -0.05) is 6.92 Å². The molecule has 0 aromatic carbocycles. The molecule has 1 aromatic heterocycles. The number of aryl methyl sites for hydroxylation is 1. The molecule has 0 bridgehead atoms. The van der Waals surface area contributed by atoms with Crippen LogP contribution in [0.25, 0.3) is 0 Å². The van der Waals surface area contributed by atoms with E-state index in [2.05, 4.69) is 5.10 Å². The summed E-state index contributed by atoms with van der Waals surface area (Å²) in [5.41, 5.74) is 0.576. The largest absolute Gasteiger partial charge is 0.479 e. The van der Waals surface area contributed by atoms with Gasteiger partial charge in [-0.2, -0.15) is 0 Å². The number of rotatable bonds is 4. The Kier molecular flexibility index (Phi) is 3.06. The van der Waals surface area contributed by atoms with Gasteiger partial charge in [-0.3, -0.25) is 9.48 Å². The second kappa shape index (κ2) is 4.07. The minimum Gasteiger partial charge on any atom is -0.479 e. The van der Waals surface area contributed by atoms with Crippen LogP contribution in [-0.4, -0.2) is 22.7 Å². The molecule has 13 heavy (non-hydrogen) atoms. The van der Waals surface area contributed by atoms with Gasteiger partial charge in [0, 0.05) is 19.7 Å². The Morgan fingerprint density at radius 3 is 2.92 bits per heavy atom. The van der Waals surface area contributed by atoms with Crippen LogP contribution in [0.4, 0.5) is 0 Å². The minimum atomic E-state index is 0.0902. The second-order valence-electron chi connectivity index (χ2n) is 2.90. The van der Waals surface area contributed by atoms with Crippen molar-refractivity contribution in [3.05, 3.63) is 11.8 Å². The number of methoxy groups -OCH3 is 1. The zero-order chi connectivity index (χ0) is 9.84. The summed E-state index contributed by atoms with van der Waals surface area (Å²) in [6.07, 6.45) is 3.08. The van der Waals surface area contributed by atoms with Crippen LogP contribution in [0.15, 0.2) is 6.20 Å². The number of ether oxygens (including phenoxy) is 1. The minimum absolute atomic E-state index is 0.0902. The molecule has 0 saturated carbocycles. The Morgan fingerprint density at radius 2 is 2.38 bits per heavy atom. The molecule has 1 aromatic rings. The predicted octanol–water partition coefficient (Wildman–Crippen LogP) is 1.41. The lowest BCUT2D eigenvalue weighted by atomic mass is 10.1. The molecule has 4 heteroatoms. The van der Waals surface area contributed by atoms with Gasteiger partial charge in [-0.05, 0) is 6.42 Å². The van der Waals surface area contributed by atoms with Crippen LogP contribution in [0, 0.1) is 0 Å². The Hall–Kier alpha value is -1.32. The summed E-state index contributed by atoms with van der Waals surface area (Å²) in [5, 5.41) is 4.01. The number of aromatic nitrogens is 2. The molecule has 0 radical (unpaired) electrons. The zero-order valence-corrected chi connectivity index (χ0v) is 8.20. The van der Waals surface area contributed by atoms with Crippen molar-refractivity contribution in [2.24, 2.45) is 7.05 Å². The van der Waals surface area contributed by atoms with Gasteiger partial charge < -0.3 is 4.74 Å². The highest BCUT2D eigenvalue weighted by Crippen LogP contribution is 2.17. The first kappa shape index (κ1) is 9.77. The van der Waals surface area contributed by atoms with Crippen molar-refractivity contribution in [2.75, 3.05) is 7.11 Å². The van der Waals surface area contributed by atoms with E-state index in [0.29, 0.717) is 17.9 Å². The molecule has 0 spiro atoms. The van der Waals surface area contributed by atoms with Crippen LogP contribution in [-0.2, 0) is 7.05 Å². The van der Waals surface area contributed by atoms with Gasteiger partial charge in [0.2, 0.25) is 5.88 Å². The van der Waals surface area contributed by atoms with E-state index in [0.717, 1.165) is 6.42 Å². The van der Waals surface area contributed by atoms with Crippen LogP contribution < -0.4 is 4.74 Å². The van der Waals surface area contributed by atoms with Gasteiger partial charge in [-0.15, -0.1) is 5.10 Å². The Bertz CT molecular complexity index is 305. The highest BCUT2D eigenvalue weighted by Gasteiger charge is 2.14. The van der Waals surface area contributed by atoms with E-state index >= 15 is 0 Å². The summed E-state index contributed by atoms with van der Waals surface area (Å²) >= 11 is 0. The van der Waals surface area contributed by atoms with Crippen LogP contribution in [0.5, 0.6) is 5.88 Å². The third-order valence-electron chi connectivity index (χ3n) is 1.77. The van der Waals surface area contributed by atoms with E-state index in [4.69, 9.17) is 4.74 Å². The van der Waals surface area contributed by atoms with Crippen molar-refractivity contribution in [1.29, 1.82) is 0 Å². The Labute approximate surface area is 77.5 Å². The van der Waals surface area contributed by atoms with E-state index in [1.807, 2.05) is 6.92 Å². The fourth-order valence-electron chi connectivity index (χ4n) is 1.17. The maximum atomic E-state index is 11.5. The summed E-state index contributed by atoms with van der Waals surface area (Å²) in [4.78, 5) is 11.5. The molecular weight excluding hydrogens is 168 g/mol. The lowest BCUT2D eigenvalue weighted by molar-refractivity contribution is 0.0979. The summed E-state index contributed by atoms with van der Waals surface area (Å²) in [6, 6.07) is 0. The molecule has 0 N–H and O–H groups in total. The molecule has 0 aliphatic heterocycles. The van der Waals surface area contributed by atoms with Crippen molar-refractivity contribution in [3.8, 4) is 5.88 Å². The first-order valence-corrected chi connectivity index (χ1v) is 4.29. The third kappa shape index (κ3) is 2.08. The molecule has 0 amide bonds. The molecule has 1 rings (SSSR count). The third-order valence-corrected chi connectivity index (χ3v) is 1.77. The molecular formula is C9H14N2O2. The van der Waals surface area contributed by atoms with Crippen molar-refractivity contribution < 1.29 is 9.53 Å². The number of ketones is 1. The lowest BCUT2D eigenvalue weighted by Crippen LogP contribution is -1.99. The average Bonchev–Trinajstić information content (AvgIpc) is 2.47. The first-order valence-electron chi connectivity index (χ1n) is 4.29. The van der Waals surface area contributed by atoms with E-state index in [1.54, 1.807) is 17.9 Å². The molecule has 0 unspecified atom stereocenters. The van der Waals surface area contributed by atoms with Gasteiger partial charge in [0.1, 0.15) is 0 Å².